The molecule has 0 spiro atoms. The van der Waals surface area contributed by atoms with Gasteiger partial charge < -0.3 is 9.52 Å². The van der Waals surface area contributed by atoms with Crippen LogP contribution in [0.3, 0.4) is 0 Å². The Balaban J connectivity index is 2.24. The number of benzene rings is 2. The Kier molecular flexibility index (Phi) is 4.29. The molecule has 3 aromatic rings. The zero-order chi connectivity index (χ0) is 16.7. The molecular weight excluding hydrogens is 431 g/mol. The van der Waals surface area contributed by atoms with Crippen molar-refractivity contribution in [2.75, 3.05) is 0 Å². The van der Waals surface area contributed by atoms with E-state index in [9.17, 15) is 14.3 Å². The van der Waals surface area contributed by atoms with E-state index in [1.54, 1.807) is 12.1 Å². The molecule has 0 saturated heterocycles. The van der Waals surface area contributed by atoms with Crippen molar-refractivity contribution in [3.63, 3.8) is 0 Å². The molecule has 0 aliphatic heterocycles. The second kappa shape index (κ2) is 6.09. The first-order valence-electron chi connectivity index (χ1n) is 6.86. The monoisotopic (exact) mass is 440 g/mol. The van der Waals surface area contributed by atoms with Crippen LogP contribution >= 0.6 is 31.9 Å². The molecule has 0 unspecified atom stereocenters. The van der Waals surface area contributed by atoms with Gasteiger partial charge in [0, 0.05) is 17.4 Å². The van der Waals surface area contributed by atoms with Gasteiger partial charge in [0.05, 0.1) is 14.5 Å². The van der Waals surface area contributed by atoms with Crippen LogP contribution in [-0.2, 0) is 6.42 Å². The molecule has 2 aromatic carbocycles. The van der Waals surface area contributed by atoms with E-state index in [1.807, 2.05) is 6.92 Å². The molecule has 0 bridgehead atoms. The Morgan fingerprint density at radius 3 is 2.52 bits per heavy atom. The van der Waals surface area contributed by atoms with Crippen molar-refractivity contribution >= 4 is 48.6 Å². The summed E-state index contributed by atoms with van der Waals surface area (Å²) in [6.45, 7) is 1.84. The molecule has 6 heteroatoms. The van der Waals surface area contributed by atoms with Crippen LogP contribution in [0.5, 0.6) is 5.75 Å². The summed E-state index contributed by atoms with van der Waals surface area (Å²) in [6.07, 6.45) is 0.468. The third-order valence-corrected chi connectivity index (χ3v) is 4.78. The van der Waals surface area contributed by atoms with Crippen LogP contribution in [0.4, 0.5) is 4.39 Å². The van der Waals surface area contributed by atoms with Gasteiger partial charge in [0.25, 0.3) is 0 Å². The topological polar surface area (TPSA) is 50.4 Å². The molecule has 3 nitrogen and oxygen atoms in total. The van der Waals surface area contributed by atoms with Crippen LogP contribution in [0.1, 0.15) is 28.6 Å². The van der Waals surface area contributed by atoms with Crippen molar-refractivity contribution < 1.29 is 18.7 Å². The minimum Gasteiger partial charge on any atom is -0.506 e. The van der Waals surface area contributed by atoms with Crippen molar-refractivity contribution in [3.05, 3.63) is 62.0 Å². The van der Waals surface area contributed by atoms with Crippen LogP contribution in [0, 0.1) is 5.82 Å². The van der Waals surface area contributed by atoms with Gasteiger partial charge in [-0.05, 0) is 50.1 Å². The van der Waals surface area contributed by atoms with E-state index in [4.69, 9.17) is 4.42 Å². The first kappa shape index (κ1) is 16.2. The fraction of sp³-hybridized carbons (Fsp3) is 0.118. The highest BCUT2D eigenvalue weighted by Gasteiger charge is 2.23. The molecule has 3 rings (SSSR count). The summed E-state index contributed by atoms with van der Waals surface area (Å²) >= 11 is 6.42. The van der Waals surface area contributed by atoms with E-state index < -0.39 is 5.82 Å². The minimum atomic E-state index is -0.496. The minimum absolute atomic E-state index is 0.0142. The lowest BCUT2D eigenvalue weighted by Gasteiger charge is -2.06. The summed E-state index contributed by atoms with van der Waals surface area (Å²) in [5, 5.41) is 10.2. The zero-order valence-corrected chi connectivity index (χ0v) is 15.2. The fourth-order valence-electron chi connectivity index (χ4n) is 2.47. The SMILES string of the molecule is CCc1oc2c(F)cccc2c1C(=O)c1cc(Br)c(O)c(Br)c1. The van der Waals surface area contributed by atoms with Crippen LogP contribution in [0.15, 0.2) is 43.7 Å². The summed E-state index contributed by atoms with van der Waals surface area (Å²) in [5.74, 6) is -0.326. The highest BCUT2D eigenvalue weighted by molar-refractivity contribution is 9.11. The molecule has 1 aromatic heterocycles. The second-order valence-electron chi connectivity index (χ2n) is 4.99. The average molecular weight is 442 g/mol. The van der Waals surface area contributed by atoms with Gasteiger partial charge in [0.15, 0.2) is 17.2 Å². The van der Waals surface area contributed by atoms with Gasteiger partial charge in [-0.25, -0.2) is 4.39 Å². The second-order valence-corrected chi connectivity index (χ2v) is 6.70. The molecule has 1 N–H and O–H groups in total. The number of hydrogen-bond donors (Lipinski definition) is 1. The lowest BCUT2D eigenvalue weighted by molar-refractivity contribution is 0.103. The van der Waals surface area contributed by atoms with E-state index >= 15 is 0 Å². The molecule has 0 amide bonds. The largest absolute Gasteiger partial charge is 0.506 e. The van der Waals surface area contributed by atoms with Crippen LogP contribution in [-0.4, -0.2) is 10.9 Å². The van der Waals surface area contributed by atoms with Crippen LogP contribution < -0.4 is 0 Å². The number of carbonyl (C=O) groups excluding carboxylic acids is 1. The Morgan fingerprint density at radius 1 is 1.26 bits per heavy atom. The molecule has 118 valence electrons. The Bertz CT molecular complexity index is 908. The molecule has 0 radical (unpaired) electrons. The number of halogens is 3. The third-order valence-electron chi connectivity index (χ3n) is 3.57. The van der Waals surface area contributed by atoms with Gasteiger partial charge in [0.1, 0.15) is 11.5 Å². The number of ketones is 1. The first-order chi connectivity index (χ1) is 10.9. The highest BCUT2D eigenvalue weighted by atomic mass is 79.9. The smallest absolute Gasteiger partial charge is 0.197 e. The van der Waals surface area contributed by atoms with Crippen molar-refractivity contribution in [2.45, 2.75) is 13.3 Å². The van der Waals surface area contributed by atoms with E-state index in [0.717, 1.165) is 0 Å². The van der Waals surface area contributed by atoms with E-state index in [0.29, 0.717) is 37.6 Å². The predicted molar refractivity (Wildman–Crippen MR) is 92.5 cm³/mol. The molecule has 0 saturated carbocycles. The van der Waals surface area contributed by atoms with E-state index in [2.05, 4.69) is 31.9 Å². The number of para-hydroxylation sites is 1. The highest BCUT2D eigenvalue weighted by Crippen LogP contribution is 2.36. The number of rotatable bonds is 3. The molecular formula is C17H11Br2FO3. The van der Waals surface area contributed by atoms with Crippen molar-refractivity contribution in [3.8, 4) is 5.75 Å². The van der Waals surface area contributed by atoms with Crippen molar-refractivity contribution in [2.24, 2.45) is 0 Å². The van der Waals surface area contributed by atoms with Gasteiger partial charge in [-0.15, -0.1) is 0 Å². The molecule has 23 heavy (non-hydrogen) atoms. The van der Waals surface area contributed by atoms with Crippen LogP contribution in [0.2, 0.25) is 0 Å². The van der Waals surface area contributed by atoms with Crippen molar-refractivity contribution in [1.82, 2.24) is 0 Å². The van der Waals surface area contributed by atoms with Gasteiger partial charge in [-0.1, -0.05) is 19.1 Å². The van der Waals surface area contributed by atoms with E-state index in [-0.39, 0.29) is 17.1 Å². The lowest BCUT2D eigenvalue weighted by atomic mass is 9.99. The Labute approximate surface area is 148 Å². The van der Waals surface area contributed by atoms with E-state index in [1.165, 1.54) is 18.2 Å². The fourth-order valence-corrected chi connectivity index (χ4v) is 3.66. The maximum absolute atomic E-state index is 13.9. The number of hydrogen-bond acceptors (Lipinski definition) is 3. The van der Waals surface area contributed by atoms with Crippen LogP contribution in [0.25, 0.3) is 11.0 Å². The van der Waals surface area contributed by atoms with Gasteiger partial charge in [-0.2, -0.15) is 0 Å². The predicted octanol–water partition coefficient (Wildman–Crippen LogP) is 5.60. The third kappa shape index (κ3) is 2.70. The summed E-state index contributed by atoms with van der Waals surface area (Å²) in [6, 6.07) is 7.57. The lowest BCUT2D eigenvalue weighted by Crippen LogP contribution is -2.03. The normalized spacial score (nSPS) is 11.1. The van der Waals surface area contributed by atoms with Crippen molar-refractivity contribution in [1.29, 1.82) is 0 Å². The summed E-state index contributed by atoms with van der Waals surface area (Å²) in [7, 11) is 0. The molecule has 0 fully saturated rings. The number of carbonyl (C=O) groups is 1. The Morgan fingerprint density at radius 2 is 1.91 bits per heavy atom. The number of phenols is 1. The standard InChI is InChI=1S/C17H11Br2FO3/c1-2-13-14(9-4-3-5-12(20)17(9)23-13)15(21)8-6-10(18)16(22)11(19)7-8/h3-7,22H,2H2,1H3. The summed E-state index contributed by atoms with van der Waals surface area (Å²) < 4.78 is 20.2. The van der Waals surface area contributed by atoms with Gasteiger partial charge >= 0.3 is 0 Å². The maximum Gasteiger partial charge on any atom is 0.197 e. The number of fused-ring (bicyclic) bond motifs is 1. The maximum atomic E-state index is 13.9. The molecule has 1 heterocycles. The number of furan rings is 1. The Hall–Kier alpha value is -1.66. The first-order valence-corrected chi connectivity index (χ1v) is 8.45. The summed E-state index contributed by atoms with van der Waals surface area (Å²) in [4.78, 5) is 12.9. The van der Waals surface area contributed by atoms with Gasteiger partial charge in [0.2, 0.25) is 0 Å². The zero-order valence-electron chi connectivity index (χ0n) is 12.0. The van der Waals surface area contributed by atoms with Gasteiger partial charge in [-0.3, -0.25) is 4.79 Å². The molecule has 0 atom stereocenters. The average Bonchev–Trinajstić information content (AvgIpc) is 2.91. The number of aromatic hydroxyl groups is 1. The molecule has 0 aliphatic carbocycles. The number of phenolic OH excluding ortho intramolecular Hbond substituents is 1. The molecule has 0 aliphatic rings. The summed E-state index contributed by atoms with van der Waals surface area (Å²) in [5.41, 5.74) is 0.805. The quantitative estimate of drug-likeness (QED) is 0.538. The number of aryl methyl sites for hydroxylation is 1.